The molecule has 1 aliphatic carbocycles. The number of aryl methyl sites for hydroxylation is 1. The Balaban J connectivity index is 1.81. The number of nitrogens with zero attached hydrogens (tertiary/aromatic N) is 3. The van der Waals surface area contributed by atoms with Gasteiger partial charge in [-0.2, -0.15) is 10.2 Å². The van der Waals surface area contributed by atoms with E-state index in [9.17, 15) is 19.2 Å². The largest absolute Gasteiger partial charge is 0.435 e. The van der Waals surface area contributed by atoms with Crippen LogP contribution >= 0.6 is 0 Å². The summed E-state index contributed by atoms with van der Waals surface area (Å²) in [6.45, 7) is 1.78. The molecule has 0 saturated heterocycles. The van der Waals surface area contributed by atoms with E-state index in [2.05, 4.69) is 10.3 Å². The maximum Gasteiger partial charge on any atom is 0.269 e. The number of halogens is 1. The van der Waals surface area contributed by atoms with Crippen LogP contribution in [0.15, 0.2) is 53.0 Å². The number of nitriles is 1. The number of benzene rings is 1. The van der Waals surface area contributed by atoms with Gasteiger partial charge in [0.2, 0.25) is 5.88 Å². The van der Waals surface area contributed by atoms with Crippen LogP contribution in [0.3, 0.4) is 0 Å². The van der Waals surface area contributed by atoms with Crippen LogP contribution in [0.2, 0.25) is 0 Å². The fraction of sp³-hybridized carbons (Fsp3) is 0.280. The molecule has 1 aromatic carbocycles. The van der Waals surface area contributed by atoms with Crippen LogP contribution in [0.25, 0.3) is 11.7 Å². The second kappa shape index (κ2) is 9.65. The molecule has 7 nitrogen and oxygen atoms in total. The lowest BCUT2D eigenvalue weighted by molar-refractivity contribution is -0.117. The van der Waals surface area contributed by atoms with Gasteiger partial charge in [-0.15, -0.1) is 0 Å². The van der Waals surface area contributed by atoms with Gasteiger partial charge >= 0.3 is 0 Å². The number of carbonyl (C=O) groups is 1. The van der Waals surface area contributed by atoms with E-state index in [4.69, 9.17) is 4.74 Å². The molecule has 0 aliphatic heterocycles. The van der Waals surface area contributed by atoms with Gasteiger partial charge in [-0.3, -0.25) is 14.0 Å². The highest BCUT2D eigenvalue weighted by Gasteiger charge is 2.21. The number of nitrogens with one attached hydrogen (secondary N) is 1. The summed E-state index contributed by atoms with van der Waals surface area (Å²) >= 11 is 0. The zero-order chi connectivity index (χ0) is 23.4. The van der Waals surface area contributed by atoms with E-state index in [1.54, 1.807) is 25.1 Å². The van der Waals surface area contributed by atoms with Crippen molar-refractivity contribution in [3.63, 3.8) is 0 Å². The minimum atomic E-state index is -0.630. The first-order chi connectivity index (χ1) is 16.0. The number of hydrogen-bond donors (Lipinski definition) is 1. The van der Waals surface area contributed by atoms with Gasteiger partial charge in [-0.05, 0) is 49.6 Å². The van der Waals surface area contributed by atoms with Crippen LogP contribution in [0.1, 0.15) is 43.2 Å². The predicted molar refractivity (Wildman–Crippen MR) is 121 cm³/mol. The second-order valence-electron chi connectivity index (χ2n) is 8.03. The van der Waals surface area contributed by atoms with Crippen molar-refractivity contribution in [1.82, 2.24) is 14.7 Å². The first-order valence-electron chi connectivity index (χ1n) is 10.8. The van der Waals surface area contributed by atoms with Crippen molar-refractivity contribution in [3.8, 4) is 17.7 Å². The summed E-state index contributed by atoms with van der Waals surface area (Å²) in [5.74, 6) is -1.50. The van der Waals surface area contributed by atoms with Gasteiger partial charge in [-0.1, -0.05) is 37.5 Å². The molecule has 8 heteroatoms. The molecule has 1 amide bonds. The minimum Gasteiger partial charge on any atom is -0.435 e. The number of amides is 1. The van der Waals surface area contributed by atoms with E-state index in [0.717, 1.165) is 32.1 Å². The highest BCUT2D eigenvalue weighted by Crippen LogP contribution is 2.27. The molecule has 1 fully saturated rings. The lowest BCUT2D eigenvalue weighted by Gasteiger charge is -2.22. The van der Waals surface area contributed by atoms with Crippen LogP contribution < -0.4 is 15.6 Å². The number of fused-ring (bicyclic) bond motifs is 1. The Morgan fingerprint density at radius 1 is 1.24 bits per heavy atom. The molecule has 0 atom stereocenters. The van der Waals surface area contributed by atoms with E-state index in [0.29, 0.717) is 11.2 Å². The van der Waals surface area contributed by atoms with Gasteiger partial charge in [-0.25, -0.2) is 4.39 Å². The lowest BCUT2D eigenvalue weighted by atomic mass is 9.95. The standard InChI is InChI=1S/C25H23FN4O3/c1-16-8-7-13-30-22(16)29-24(33-21-12-6-5-11-20(21)26)19(25(30)32)14-17(15-27)23(31)28-18-9-3-2-4-10-18/h5-8,11-14,18H,2-4,9-10H2,1H3,(H,28,31)/b17-14+. The zero-order valence-electron chi connectivity index (χ0n) is 18.2. The fourth-order valence-corrected chi connectivity index (χ4v) is 3.93. The number of pyridine rings is 1. The lowest BCUT2D eigenvalue weighted by Crippen LogP contribution is -2.36. The first-order valence-corrected chi connectivity index (χ1v) is 10.8. The Morgan fingerprint density at radius 3 is 2.73 bits per heavy atom. The van der Waals surface area contributed by atoms with Crippen LogP contribution in [0, 0.1) is 24.1 Å². The molecular formula is C25H23FN4O3. The van der Waals surface area contributed by atoms with E-state index in [-0.39, 0.29) is 28.8 Å². The topological polar surface area (TPSA) is 96.5 Å². The third-order valence-electron chi connectivity index (χ3n) is 5.69. The average molecular weight is 446 g/mol. The second-order valence-corrected chi connectivity index (χ2v) is 8.03. The van der Waals surface area contributed by atoms with Gasteiger partial charge < -0.3 is 10.1 Å². The van der Waals surface area contributed by atoms with Crippen molar-refractivity contribution in [2.45, 2.75) is 45.1 Å². The monoisotopic (exact) mass is 446 g/mol. The summed E-state index contributed by atoms with van der Waals surface area (Å²) < 4.78 is 21.2. The van der Waals surface area contributed by atoms with E-state index in [1.807, 2.05) is 6.07 Å². The highest BCUT2D eigenvalue weighted by molar-refractivity contribution is 6.02. The number of hydrogen-bond acceptors (Lipinski definition) is 5. The third-order valence-corrected chi connectivity index (χ3v) is 5.69. The average Bonchev–Trinajstić information content (AvgIpc) is 2.82. The Hall–Kier alpha value is -3.99. The summed E-state index contributed by atoms with van der Waals surface area (Å²) in [7, 11) is 0. The molecule has 33 heavy (non-hydrogen) atoms. The molecule has 0 unspecified atom stereocenters. The van der Waals surface area contributed by atoms with Crippen molar-refractivity contribution in [1.29, 1.82) is 5.26 Å². The Labute approximate surface area is 190 Å². The molecule has 0 bridgehead atoms. The van der Waals surface area contributed by atoms with Gasteiger partial charge in [0.25, 0.3) is 11.5 Å². The SMILES string of the molecule is Cc1cccn2c(=O)c(/C=C(\C#N)C(=O)NC3CCCCC3)c(Oc3ccccc3F)nc12. The van der Waals surface area contributed by atoms with Crippen molar-refractivity contribution in [3.05, 3.63) is 75.5 Å². The van der Waals surface area contributed by atoms with E-state index < -0.39 is 17.3 Å². The first kappa shape index (κ1) is 22.2. The summed E-state index contributed by atoms with van der Waals surface area (Å²) in [5.41, 5.74) is 0.144. The molecule has 2 aromatic heterocycles. The molecule has 1 saturated carbocycles. The van der Waals surface area contributed by atoms with E-state index >= 15 is 0 Å². The van der Waals surface area contributed by atoms with Crippen molar-refractivity contribution < 1.29 is 13.9 Å². The van der Waals surface area contributed by atoms with Crippen molar-refractivity contribution >= 4 is 17.6 Å². The summed E-state index contributed by atoms with van der Waals surface area (Å²) in [6, 6.07) is 11.1. The number of aromatic nitrogens is 2. The van der Waals surface area contributed by atoms with Crippen LogP contribution in [0.4, 0.5) is 4.39 Å². The van der Waals surface area contributed by atoms with Crippen LogP contribution in [0.5, 0.6) is 11.6 Å². The van der Waals surface area contributed by atoms with Crippen LogP contribution in [-0.4, -0.2) is 21.3 Å². The van der Waals surface area contributed by atoms with Crippen molar-refractivity contribution in [2.75, 3.05) is 0 Å². The van der Waals surface area contributed by atoms with Gasteiger partial charge in [0.15, 0.2) is 11.6 Å². The predicted octanol–water partition coefficient (Wildman–Crippen LogP) is 4.29. The number of ether oxygens (including phenoxy) is 1. The molecule has 0 spiro atoms. The van der Waals surface area contributed by atoms with Crippen LogP contribution in [-0.2, 0) is 4.79 Å². The molecule has 2 heterocycles. The fourth-order valence-electron chi connectivity index (χ4n) is 3.93. The highest BCUT2D eigenvalue weighted by atomic mass is 19.1. The zero-order valence-corrected chi connectivity index (χ0v) is 18.2. The summed E-state index contributed by atoms with van der Waals surface area (Å²) in [6.07, 6.45) is 7.58. The minimum absolute atomic E-state index is 0.00406. The number of para-hydroxylation sites is 1. The Kier molecular flexibility index (Phi) is 6.50. The molecule has 0 radical (unpaired) electrons. The van der Waals surface area contributed by atoms with Gasteiger partial charge in [0.05, 0.1) is 0 Å². The maximum absolute atomic E-state index is 14.3. The number of rotatable bonds is 5. The maximum atomic E-state index is 14.3. The molecule has 4 rings (SSSR count). The van der Waals surface area contributed by atoms with Gasteiger partial charge in [0.1, 0.15) is 22.9 Å². The normalized spacial score (nSPS) is 14.6. The van der Waals surface area contributed by atoms with Gasteiger partial charge in [0, 0.05) is 12.2 Å². The molecule has 1 N–H and O–H groups in total. The van der Waals surface area contributed by atoms with Crippen molar-refractivity contribution in [2.24, 2.45) is 0 Å². The molecule has 1 aliphatic rings. The Bertz CT molecular complexity index is 1330. The molecule has 168 valence electrons. The van der Waals surface area contributed by atoms with E-state index in [1.165, 1.54) is 34.9 Å². The molecular weight excluding hydrogens is 423 g/mol. The summed E-state index contributed by atoms with van der Waals surface area (Å²) in [4.78, 5) is 30.5. The number of carbonyl (C=O) groups excluding carboxylic acids is 1. The Morgan fingerprint density at radius 2 is 2.00 bits per heavy atom. The molecule has 3 aromatic rings. The third kappa shape index (κ3) is 4.77. The summed E-state index contributed by atoms with van der Waals surface area (Å²) in [5, 5.41) is 12.5. The smallest absolute Gasteiger partial charge is 0.269 e. The quantitative estimate of drug-likeness (QED) is 0.466.